The summed E-state index contributed by atoms with van der Waals surface area (Å²) >= 11 is 0. The number of carbonyl (C=O) groups excluding carboxylic acids is 1. The summed E-state index contributed by atoms with van der Waals surface area (Å²) in [7, 11) is 0. The first-order chi connectivity index (χ1) is 10.8. The molecule has 1 aliphatic rings. The third-order valence-electron chi connectivity index (χ3n) is 4.41. The van der Waals surface area contributed by atoms with Crippen LogP contribution in [-0.2, 0) is 6.18 Å². The highest BCUT2D eigenvalue weighted by molar-refractivity contribution is 5.95. The minimum atomic E-state index is -4.52. The fourth-order valence-electron chi connectivity index (χ4n) is 2.93. The van der Waals surface area contributed by atoms with Gasteiger partial charge in [-0.05, 0) is 57.8 Å². The number of halogens is 3. The van der Waals surface area contributed by atoms with Gasteiger partial charge in [0.15, 0.2) is 0 Å². The first-order valence-electron chi connectivity index (χ1n) is 7.97. The van der Waals surface area contributed by atoms with Crippen molar-refractivity contribution in [2.24, 2.45) is 5.92 Å². The number of nitrogens with one attached hydrogen (secondary N) is 1. The van der Waals surface area contributed by atoms with Crippen LogP contribution in [0.5, 0.6) is 0 Å². The van der Waals surface area contributed by atoms with E-state index in [4.69, 9.17) is 0 Å². The van der Waals surface area contributed by atoms with Crippen molar-refractivity contribution in [1.82, 2.24) is 10.2 Å². The number of carbonyl (C=O) groups is 1. The molecule has 1 aromatic rings. The maximum absolute atomic E-state index is 12.9. The van der Waals surface area contributed by atoms with E-state index in [1.807, 2.05) is 0 Å². The van der Waals surface area contributed by atoms with E-state index in [0.29, 0.717) is 18.5 Å². The number of piperidine rings is 1. The zero-order valence-corrected chi connectivity index (χ0v) is 13.5. The molecule has 0 aromatic heterocycles. The van der Waals surface area contributed by atoms with Crippen LogP contribution >= 0.6 is 0 Å². The monoisotopic (exact) mass is 328 g/mol. The van der Waals surface area contributed by atoms with Crippen molar-refractivity contribution in [2.75, 3.05) is 19.6 Å². The van der Waals surface area contributed by atoms with Gasteiger partial charge in [0, 0.05) is 12.6 Å². The first-order valence-corrected chi connectivity index (χ1v) is 7.97. The van der Waals surface area contributed by atoms with E-state index < -0.39 is 17.6 Å². The number of rotatable bonds is 4. The minimum Gasteiger partial charge on any atom is -0.352 e. The molecule has 128 valence electrons. The van der Waals surface area contributed by atoms with E-state index in [1.54, 1.807) is 0 Å². The van der Waals surface area contributed by atoms with Crippen LogP contribution < -0.4 is 5.32 Å². The molecular weight excluding hydrogens is 305 g/mol. The molecular formula is C17H23F3N2O. The molecule has 1 aromatic carbocycles. The van der Waals surface area contributed by atoms with Gasteiger partial charge in [0.05, 0.1) is 11.1 Å². The summed E-state index contributed by atoms with van der Waals surface area (Å²) in [5, 5.41) is 2.67. The van der Waals surface area contributed by atoms with Gasteiger partial charge in [-0.1, -0.05) is 12.1 Å². The molecule has 0 aliphatic carbocycles. The SMILES string of the molecule is CC(C)N1CCC(CNC(=O)c2ccccc2C(F)(F)F)CC1. The molecule has 1 fully saturated rings. The Hall–Kier alpha value is -1.56. The molecule has 2 rings (SSSR count). The molecule has 23 heavy (non-hydrogen) atoms. The van der Waals surface area contributed by atoms with Crippen molar-refractivity contribution in [3.63, 3.8) is 0 Å². The molecule has 1 N–H and O–H groups in total. The molecule has 1 saturated heterocycles. The van der Waals surface area contributed by atoms with Crippen LogP contribution in [0.25, 0.3) is 0 Å². The Bertz CT molecular complexity index is 535. The van der Waals surface area contributed by atoms with Gasteiger partial charge in [0.2, 0.25) is 0 Å². The van der Waals surface area contributed by atoms with E-state index in [9.17, 15) is 18.0 Å². The summed E-state index contributed by atoms with van der Waals surface area (Å²) in [5.41, 5.74) is -1.19. The Balaban J connectivity index is 1.92. The summed E-state index contributed by atoms with van der Waals surface area (Å²) in [5.74, 6) is -0.323. The largest absolute Gasteiger partial charge is 0.417 e. The number of hydrogen-bond donors (Lipinski definition) is 1. The van der Waals surface area contributed by atoms with Gasteiger partial charge in [-0.2, -0.15) is 13.2 Å². The average molecular weight is 328 g/mol. The predicted octanol–water partition coefficient (Wildman–Crippen LogP) is 3.56. The average Bonchev–Trinajstić information content (AvgIpc) is 2.52. The van der Waals surface area contributed by atoms with Crippen LogP contribution in [-0.4, -0.2) is 36.5 Å². The van der Waals surface area contributed by atoms with Gasteiger partial charge >= 0.3 is 6.18 Å². The highest BCUT2D eigenvalue weighted by atomic mass is 19.4. The van der Waals surface area contributed by atoms with E-state index in [-0.39, 0.29) is 5.56 Å². The zero-order chi connectivity index (χ0) is 17.0. The topological polar surface area (TPSA) is 32.3 Å². The minimum absolute atomic E-state index is 0.306. The molecule has 3 nitrogen and oxygen atoms in total. The van der Waals surface area contributed by atoms with Crippen LogP contribution in [0.4, 0.5) is 13.2 Å². The van der Waals surface area contributed by atoms with Crippen molar-refractivity contribution < 1.29 is 18.0 Å². The Morgan fingerprint density at radius 1 is 1.26 bits per heavy atom. The van der Waals surface area contributed by atoms with Crippen molar-refractivity contribution in [3.05, 3.63) is 35.4 Å². The molecule has 1 amide bonds. The van der Waals surface area contributed by atoms with Crippen molar-refractivity contribution in [3.8, 4) is 0 Å². The second-order valence-electron chi connectivity index (χ2n) is 6.33. The lowest BCUT2D eigenvalue weighted by atomic mass is 9.95. The molecule has 0 spiro atoms. The van der Waals surface area contributed by atoms with Gasteiger partial charge in [-0.25, -0.2) is 0 Å². The number of amides is 1. The molecule has 1 aliphatic heterocycles. The van der Waals surface area contributed by atoms with Gasteiger partial charge in [0.1, 0.15) is 0 Å². The smallest absolute Gasteiger partial charge is 0.352 e. The van der Waals surface area contributed by atoms with Crippen LogP contribution in [0.2, 0.25) is 0 Å². The fourth-order valence-corrected chi connectivity index (χ4v) is 2.93. The molecule has 0 bridgehead atoms. The standard InChI is InChI=1S/C17H23F3N2O/c1-12(2)22-9-7-13(8-10-22)11-21-16(23)14-5-3-4-6-15(14)17(18,19)20/h3-6,12-13H,7-11H2,1-2H3,(H,21,23). The summed E-state index contributed by atoms with van der Waals surface area (Å²) in [6.45, 7) is 6.66. The highest BCUT2D eigenvalue weighted by Crippen LogP contribution is 2.31. The predicted molar refractivity (Wildman–Crippen MR) is 83.2 cm³/mol. The molecule has 0 atom stereocenters. The molecule has 0 unspecified atom stereocenters. The van der Waals surface area contributed by atoms with E-state index >= 15 is 0 Å². The quantitative estimate of drug-likeness (QED) is 0.917. The number of nitrogens with zero attached hydrogens (tertiary/aromatic N) is 1. The number of alkyl halides is 3. The van der Waals surface area contributed by atoms with Gasteiger partial charge in [0.25, 0.3) is 5.91 Å². The second kappa shape index (κ2) is 7.34. The van der Waals surface area contributed by atoms with Crippen molar-refractivity contribution >= 4 is 5.91 Å². The molecule has 0 radical (unpaired) electrons. The van der Waals surface area contributed by atoms with Gasteiger partial charge in [-0.3, -0.25) is 4.79 Å². The number of benzene rings is 1. The Labute approximate surface area is 134 Å². The summed E-state index contributed by atoms with van der Waals surface area (Å²) < 4.78 is 38.8. The Morgan fingerprint density at radius 2 is 1.87 bits per heavy atom. The normalized spacial score (nSPS) is 17.5. The van der Waals surface area contributed by atoms with E-state index in [1.165, 1.54) is 18.2 Å². The van der Waals surface area contributed by atoms with E-state index in [2.05, 4.69) is 24.1 Å². The Morgan fingerprint density at radius 3 is 2.43 bits per heavy atom. The van der Waals surface area contributed by atoms with Crippen LogP contribution in [0.1, 0.15) is 42.6 Å². The highest BCUT2D eigenvalue weighted by Gasteiger charge is 2.34. The molecule has 0 saturated carbocycles. The van der Waals surface area contributed by atoms with Crippen LogP contribution in [0.15, 0.2) is 24.3 Å². The second-order valence-corrected chi connectivity index (χ2v) is 6.33. The van der Waals surface area contributed by atoms with Crippen molar-refractivity contribution in [2.45, 2.75) is 38.9 Å². The molecule has 6 heteroatoms. The third-order valence-corrected chi connectivity index (χ3v) is 4.41. The van der Waals surface area contributed by atoms with Crippen LogP contribution in [0, 0.1) is 5.92 Å². The maximum atomic E-state index is 12.9. The van der Waals surface area contributed by atoms with Crippen molar-refractivity contribution in [1.29, 1.82) is 0 Å². The third kappa shape index (κ3) is 4.70. The van der Waals surface area contributed by atoms with Gasteiger partial charge in [-0.15, -0.1) is 0 Å². The summed E-state index contributed by atoms with van der Waals surface area (Å²) in [4.78, 5) is 14.5. The summed E-state index contributed by atoms with van der Waals surface area (Å²) in [6.07, 6.45) is -2.60. The summed E-state index contributed by atoms with van der Waals surface area (Å²) in [6, 6.07) is 5.41. The maximum Gasteiger partial charge on any atom is 0.417 e. The number of hydrogen-bond acceptors (Lipinski definition) is 2. The molecule has 1 heterocycles. The fraction of sp³-hybridized carbons (Fsp3) is 0.588. The van der Waals surface area contributed by atoms with E-state index in [0.717, 1.165) is 32.0 Å². The lowest BCUT2D eigenvalue weighted by Crippen LogP contribution is -2.41. The lowest BCUT2D eigenvalue weighted by Gasteiger charge is -2.34. The lowest BCUT2D eigenvalue weighted by molar-refractivity contribution is -0.137. The zero-order valence-electron chi connectivity index (χ0n) is 13.5. The van der Waals surface area contributed by atoms with Crippen LogP contribution in [0.3, 0.4) is 0 Å². The Kier molecular flexibility index (Phi) is 5.68. The first kappa shape index (κ1) is 17.8. The van der Waals surface area contributed by atoms with Gasteiger partial charge < -0.3 is 10.2 Å². The number of likely N-dealkylation sites (tertiary alicyclic amines) is 1.